The molecule has 146 valence electrons. The monoisotopic (exact) mass is 352 g/mol. The van der Waals surface area contributed by atoms with Crippen LogP contribution in [0.25, 0.3) is 0 Å². The third-order valence-corrected chi connectivity index (χ3v) is 4.47. The van der Waals surface area contributed by atoms with Crippen LogP contribution in [0.2, 0.25) is 0 Å². The normalized spacial score (nSPS) is 10.9. The van der Waals surface area contributed by atoms with Crippen LogP contribution in [-0.2, 0) is 14.3 Å². The minimum atomic E-state index is -0.607. The molecular weight excluding hydrogens is 312 g/mol. The molecule has 0 saturated carbocycles. The van der Waals surface area contributed by atoms with Crippen LogP contribution in [0.15, 0.2) is 12.2 Å². The van der Waals surface area contributed by atoms with Crippen LogP contribution in [0.3, 0.4) is 0 Å². The molecule has 3 heteroatoms. The standard InChI is InChI=1S/C22H40O3/c1-19(2)17-15-13-11-9-7-5-6-8-10-12-14-16-18-21(23)25-22(24)20(3)4/h19H,3,5-18H2,1-2,4H3. The maximum atomic E-state index is 11.4. The summed E-state index contributed by atoms with van der Waals surface area (Å²) in [7, 11) is 0. The lowest BCUT2D eigenvalue weighted by atomic mass is 10.0. The Morgan fingerprint density at radius 2 is 1.16 bits per heavy atom. The van der Waals surface area contributed by atoms with Crippen molar-refractivity contribution in [3.8, 4) is 0 Å². The summed E-state index contributed by atoms with van der Waals surface area (Å²) in [6, 6.07) is 0. The van der Waals surface area contributed by atoms with Gasteiger partial charge in [0.05, 0.1) is 0 Å². The summed E-state index contributed by atoms with van der Waals surface area (Å²) in [5, 5.41) is 0. The van der Waals surface area contributed by atoms with Crippen LogP contribution in [0.5, 0.6) is 0 Å². The van der Waals surface area contributed by atoms with Gasteiger partial charge in [-0.3, -0.25) is 4.79 Å². The average molecular weight is 353 g/mol. The number of carbonyl (C=O) groups is 2. The van der Waals surface area contributed by atoms with Crippen LogP contribution in [0.1, 0.15) is 111 Å². The van der Waals surface area contributed by atoms with Gasteiger partial charge in [-0.2, -0.15) is 0 Å². The summed E-state index contributed by atoms with van der Waals surface area (Å²) in [4.78, 5) is 22.6. The highest BCUT2D eigenvalue weighted by Gasteiger charge is 2.10. The second kappa shape index (κ2) is 16.4. The van der Waals surface area contributed by atoms with E-state index >= 15 is 0 Å². The van der Waals surface area contributed by atoms with Crippen molar-refractivity contribution in [1.29, 1.82) is 0 Å². The maximum Gasteiger partial charge on any atom is 0.340 e. The molecule has 0 atom stereocenters. The zero-order valence-electron chi connectivity index (χ0n) is 16.9. The molecule has 0 aromatic heterocycles. The fourth-order valence-corrected chi connectivity index (χ4v) is 2.83. The molecule has 0 N–H and O–H groups in total. The van der Waals surface area contributed by atoms with Gasteiger partial charge in [-0.25, -0.2) is 4.79 Å². The Balaban J connectivity index is 3.22. The topological polar surface area (TPSA) is 43.4 Å². The molecule has 0 spiro atoms. The van der Waals surface area contributed by atoms with Crippen LogP contribution < -0.4 is 0 Å². The lowest BCUT2D eigenvalue weighted by Gasteiger charge is -2.05. The third kappa shape index (κ3) is 17.5. The highest BCUT2D eigenvalue weighted by Crippen LogP contribution is 2.14. The Morgan fingerprint density at radius 1 is 0.760 bits per heavy atom. The van der Waals surface area contributed by atoms with Gasteiger partial charge in [0, 0.05) is 12.0 Å². The first-order chi connectivity index (χ1) is 11.9. The van der Waals surface area contributed by atoms with Gasteiger partial charge in [0.1, 0.15) is 0 Å². The Labute approximate surface area is 155 Å². The maximum absolute atomic E-state index is 11.4. The van der Waals surface area contributed by atoms with Crippen molar-refractivity contribution < 1.29 is 14.3 Å². The molecule has 0 aromatic carbocycles. The summed E-state index contributed by atoms with van der Waals surface area (Å²) in [6.07, 6.45) is 16.9. The lowest BCUT2D eigenvalue weighted by Crippen LogP contribution is -2.12. The van der Waals surface area contributed by atoms with Crippen LogP contribution in [-0.4, -0.2) is 11.9 Å². The van der Waals surface area contributed by atoms with Gasteiger partial charge >= 0.3 is 11.9 Å². The minimum Gasteiger partial charge on any atom is -0.390 e. The highest BCUT2D eigenvalue weighted by atomic mass is 16.6. The zero-order valence-corrected chi connectivity index (χ0v) is 16.9. The second-order valence-electron chi connectivity index (χ2n) is 7.72. The van der Waals surface area contributed by atoms with E-state index in [0.29, 0.717) is 6.42 Å². The number of unbranched alkanes of at least 4 members (excludes halogenated alkanes) is 11. The van der Waals surface area contributed by atoms with Gasteiger partial charge in [0.15, 0.2) is 0 Å². The summed E-state index contributed by atoms with van der Waals surface area (Å²) in [6.45, 7) is 9.61. The number of hydrogen-bond acceptors (Lipinski definition) is 3. The molecule has 0 heterocycles. The highest BCUT2D eigenvalue weighted by molar-refractivity contribution is 5.95. The summed E-state index contributed by atoms with van der Waals surface area (Å²) in [5.41, 5.74) is 0.268. The first-order valence-electron chi connectivity index (χ1n) is 10.3. The Morgan fingerprint density at radius 3 is 1.56 bits per heavy atom. The van der Waals surface area contributed by atoms with E-state index in [0.717, 1.165) is 25.2 Å². The van der Waals surface area contributed by atoms with E-state index in [2.05, 4.69) is 25.2 Å². The zero-order chi connectivity index (χ0) is 18.9. The van der Waals surface area contributed by atoms with Crippen molar-refractivity contribution >= 4 is 11.9 Å². The first kappa shape index (κ1) is 23.9. The molecule has 0 fully saturated rings. The molecule has 0 bridgehead atoms. The van der Waals surface area contributed by atoms with Gasteiger partial charge in [-0.1, -0.05) is 97.5 Å². The van der Waals surface area contributed by atoms with Gasteiger partial charge in [0.2, 0.25) is 0 Å². The van der Waals surface area contributed by atoms with Crippen molar-refractivity contribution in [2.45, 2.75) is 111 Å². The largest absolute Gasteiger partial charge is 0.390 e. The second-order valence-corrected chi connectivity index (χ2v) is 7.72. The molecule has 0 aliphatic heterocycles. The molecule has 0 radical (unpaired) electrons. The summed E-state index contributed by atoms with van der Waals surface area (Å²) in [5.74, 6) is -0.184. The van der Waals surface area contributed by atoms with E-state index in [1.54, 1.807) is 6.92 Å². The molecule has 0 rings (SSSR count). The van der Waals surface area contributed by atoms with Crippen molar-refractivity contribution in [2.75, 3.05) is 0 Å². The average Bonchev–Trinajstić information content (AvgIpc) is 2.54. The third-order valence-electron chi connectivity index (χ3n) is 4.47. The lowest BCUT2D eigenvalue weighted by molar-refractivity contribution is -0.156. The van der Waals surface area contributed by atoms with Crippen molar-refractivity contribution in [2.24, 2.45) is 5.92 Å². The Kier molecular flexibility index (Phi) is 15.6. The van der Waals surface area contributed by atoms with Crippen LogP contribution in [0, 0.1) is 5.92 Å². The Bertz CT molecular complexity index is 371. The number of ether oxygens (including phenoxy) is 1. The molecule has 0 aliphatic rings. The van der Waals surface area contributed by atoms with E-state index in [-0.39, 0.29) is 5.57 Å². The number of carbonyl (C=O) groups excluding carboxylic acids is 2. The first-order valence-corrected chi connectivity index (χ1v) is 10.3. The smallest absolute Gasteiger partial charge is 0.340 e. The van der Waals surface area contributed by atoms with E-state index in [1.807, 2.05) is 0 Å². The molecule has 3 nitrogen and oxygen atoms in total. The van der Waals surface area contributed by atoms with E-state index in [9.17, 15) is 9.59 Å². The predicted octanol–water partition coefficient (Wildman–Crippen LogP) is 6.75. The quantitative estimate of drug-likeness (QED) is 0.133. The Hall–Kier alpha value is -1.12. The predicted molar refractivity (Wildman–Crippen MR) is 105 cm³/mol. The summed E-state index contributed by atoms with van der Waals surface area (Å²) >= 11 is 0. The molecule has 0 saturated heterocycles. The SMILES string of the molecule is C=C(C)C(=O)OC(=O)CCCCCCCCCCCCCCC(C)C. The number of rotatable bonds is 16. The van der Waals surface area contributed by atoms with Crippen molar-refractivity contribution in [1.82, 2.24) is 0 Å². The molecule has 0 aromatic rings. The van der Waals surface area contributed by atoms with Gasteiger partial charge in [-0.15, -0.1) is 0 Å². The molecular formula is C22H40O3. The van der Waals surface area contributed by atoms with Gasteiger partial charge in [-0.05, 0) is 19.3 Å². The molecule has 0 amide bonds. The van der Waals surface area contributed by atoms with Crippen LogP contribution in [0.4, 0.5) is 0 Å². The molecule has 0 unspecified atom stereocenters. The van der Waals surface area contributed by atoms with E-state index in [1.165, 1.54) is 64.2 Å². The van der Waals surface area contributed by atoms with Crippen LogP contribution >= 0.6 is 0 Å². The van der Waals surface area contributed by atoms with Gasteiger partial charge in [0.25, 0.3) is 0 Å². The summed E-state index contributed by atoms with van der Waals surface area (Å²) < 4.78 is 4.65. The molecule has 25 heavy (non-hydrogen) atoms. The fraction of sp³-hybridized carbons (Fsp3) is 0.818. The minimum absolute atomic E-state index is 0.268. The fourth-order valence-electron chi connectivity index (χ4n) is 2.83. The van der Waals surface area contributed by atoms with Crippen molar-refractivity contribution in [3.05, 3.63) is 12.2 Å². The van der Waals surface area contributed by atoms with E-state index in [4.69, 9.17) is 0 Å². The van der Waals surface area contributed by atoms with E-state index < -0.39 is 11.9 Å². The molecule has 0 aliphatic carbocycles. The number of hydrogen-bond donors (Lipinski definition) is 0. The van der Waals surface area contributed by atoms with Crippen molar-refractivity contribution in [3.63, 3.8) is 0 Å². The van der Waals surface area contributed by atoms with Gasteiger partial charge < -0.3 is 4.74 Å². The number of esters is 2.